The molecule has 0 aliphatic carbocycles. The van der Waals surface area contributed by atoms with Gasteiger partial charge in [-0.3, -0.25) is 13.9 Å². The fourth-order valence-electron chi connectivity index (χ4n) is 4.01. The number of nitrogens with zero attached hydrogens (tertiary/aromatic N) is 4. The average molecular weight is 544 g/mol. The number of nitrogen functional groups attached to an aromatic ring is 1. The third kappa shape index (κ3) is 6.06. The molecule has 202 valence electrons. The van der Waals surface area contributed by atoms with E-state index in [1.807, 2.05) is 0 Å². The van der Waals surface area contributed by atoms with E-state index in [0.717, 1.165) is 0 Å². The van der Waals surface area contributed by atoms with Crippen LogP contribution in [-0.4, -0.2) is 57.9 Å². The topological polar surface area (TPSA) is 165 Å². The van der Waals surface area contributed by atoms with Gasteiger partial charge in [-0.1, -0.05) is 24.1 Å². The predicted octanol–water partition coefficient (Wildman–Crippen LogP) is 2.73. The molecule has 1 aliphatic rings. The average Bonchev–Trinajstić information content (AvgIpc) is 3.51. The Bertz CT molecular complexity index is 1360. The number of hydrogen-bond donors (Lipinski definition) is 3. The number of carbonyl (C=O) groups excluding carboxylic acids is 1. The zero-order chi connectivity index (χ0) is 27.3. The second-order valence-corrected chi connectivity index (χ2v) is 10.2. The van der Waals surface area contributed by atoms with E-state index in [0.29, 0.717) is 29.2 Å². The fourth-order valence-corrected chi connectivity index (χ4v) is 5.53. The normalized spacial score (nSPS) is 21.4. The first-order valence-electron chi connectivity index (χ1n) is 12.0. The van der Waals surface area contributed by atoms with Gasteiger partial charge >= 0.3 is 13.7 Å². The van der Waals surface area contributed by atoms with Crippen LogP contribution in [0.15, 0.2) is 36.7 Å². The number of terminal acetylenes is 1. The summed E-state index contributed by atoms with van der Waals surface area (Å²) < 4.78 is 38.0. The van der Waals surface area contributed by atoms with Gasteiger partial charge in [-0.05, 0) is 32.4 Å². The Kier molecular flexibility index (Phi) is 8.48. The summed E-state index contributed by atoms with van der Waals surface area (Å²) in [5, 5.41) is 5.59. The number of benzene rings is 1. The molecule has 0 spiro atoms. The summed E-state index contributed by atoms with van der Waals surface area (Å²) in [5.74, 6) is 2.63. The molecular formula is C24H30N7O6P. The number of nitrogens with one attached hydrogen (secondary N) is 2. The quantitative estimate of drug-likeness (QED) is 0.184. The number of nitrogens with two attached hydrogens (primary N) is 1. The van der Waals surface area contributed by atoms with E-state index in [-0.39, 0.29) is 25.1 Å². The van der Waals surface area contributed by atoms with Crippen LogP contribution in [-0.2, 0) is 23.4 Å². The van der Waals surface area contributed by atoms with Gasteiger partial charge in [0.05, 0.1) is 31.6 Å². The molecule has 1 saturated heterocycles. The van der Waals surface area contributed by atoms with Gasteiger partial charge in [-0.15, -0.1) is 6.42 Å². The summed E-state index contributed by atoms with van der Waals surface area (Å²) in [5.41, 5.74) is 6.84. The SMILES string of the molecule is C#C[C@H]1C[C@@H](CO[P@](=O)(N[C@@H](C)C(=O)OCC)Oc2ccccc2)O[C@H]1n1cnc2c(NC)nc(N)nc21. The van der Waals surface area contributed by atoms with Crippen LogP contribution < -0.4 is 20.7 Å². The molecule has 1 fully saturated rings. The van der Waals surface area contributed by atoms with E-state index in [9.17, 15) is 9.36 Å². The van der Waals surface area contributed by atoms with Crippen LogP contribution in [0.25, 0.3) is 11.2 Å². The molecule has 0 saturated carbocycles. The number of carbonyl (C=O) groups is 1. The van der Waals surface area contributed by atoms with Crippen molar-refractivity contribution < 1.29 is 27.9 Å². The van der Waals surface area contributed by atoms with E-state index < -0.39 is 32.1 Å². The second-order valence-electron chi connectivity index (χ2n) is 8.46. The standard InChI is InChI=1S/C24H30N7O6P/c1-5-16-12-18(36-22(16)31-14-27-19-20(26-4)28-24(25)29-21(19)31)13-35-38(33,30-15(3)23(32)34-6-2)37-17-10-8-7-9-11-17/h1,7-11,14-16,18,22H,6,12-13H2,2-4H3,(H,30,33)(H3,25,26,28,29)/t15-,16-,18-,22+,38+/m0/s1. The highest BCUT2D eigenvalue weighted by atomic mass is 31.2. The number of anilines is 2. The number of esters is 1. The lowest BCUT2D eigenvalue weighted by atomic mass is 10.0. The fraction of sp³-hybridized carbons (Fsp3) is 0.417. The highest BCUT2D eigenvalue weighted by Crippen LogP contribution is 2.46. The largest absolute Gasteiger partial charge is 0.465 e. The minimum atomic E-state index is -4.04. The third-order valence-corrected chi connectivity index (χ3v) is 7.39. The van der Waals surface area contributed by atoms with Crippen molar-refractivity contribution in [2.45, 2.75) is 38.6 Å². The zero-order valence-corrected chi connectivity index (χ0v) is 22.1. The van der Waals surface area contributed by atoms with Crippen LogP contribution in [0.3, 0.4) is 0 Å². The van der Waals surface area contributed by atoms with E-state index >= 15 is 0 Å². The predicted molar refractivity (Wildman–Crippen MR) is 140 cm³/mol. The first-order valence-corrected chi connectivity index (χ1v) is 13.5. The van der Waals surface area contributed by atoms with Crippen LogP contribution in [0, 0.1) is 18.3 Å². The summed E-state index contributed by atoms with van der Waals surface area (Å²) in [6.45, 7) is 3.23. The molecule has 14 heteroatoms. The number of aromatic nitrogens is 4. The smallest absolute Gasteiger partial charge is 0.459 e. The number of ether oxygens (including phenoxy) is 2. The Balaban J connectivity index is 1.52. The van der Waals surface area contributed by atoms with Crippen molar-refractivity contribution in [3.8, 4) is 18.1 Å². The zero-order valence-electron chi connectivity index (χ0n) is 21.2. The monoisotopic (exact) mass is 543 g/mol. The number of fused-ring (bicyclic) bond motifs is 1. The molecule has 3 aromatic rings. The molecule has 3 heterocycles. The van der Waals surface area contributed by atoms with Gasteiger partial charge in [0.15, 0.2) is 23.2 Å². The molecule has 2 aromatic heterocycles. The van der Waals surface area contributed by atoms with Crippen molar-refractivity contribution >= 4 is 36.6 Å². The van der Waals surface area contributed by atoms with Crippen molar-refractivity contribution in [1.82, 2.24) is 24.6 Å². The van der Waals surface area contributed by atoms with Crippen molar-refractivity contribution in [2.24, 2.45) is 5.92 Å². The molecule has 4 N–H and O–H groups in total. The molecule has 0 amide bonds. The van der Waals surface area contributed by atoms with Crippen molar-refractivity contribution in [2.75, 3.05) is 31.3 Å². The Hall–Kier alpha value is -3.69. The van der Waals surface area contributed by atoms with Gasteiger partial charge in [0.25, 0.3) is 0 Å². The Morgan fingerprint density at radius 3 is 2.82 bits per heavy atom. The molecule has 4 rings (SSSR count). The molecule has 1 aliphatic heterocycles. The minimum absolute atomic E-state index is 0.0690. The maximum absolute atomic E-state index is 13.7. The van der Waals surface area contributed by atoms with Crippen LogP contribution in [0.2, 0.25) is 0 Å². The third-order valence-electron chi connectivity index (χ3n) is 5.75. The molecule has 1 aromatic carbocycles. The van der Waals surface area contributed by atoms with E-state index in [4.69, 9.17) is 30.7 Å². The number of para-hydroxylation sites is 1. The van der Waals surface area contributed by atoms with E-state index in [2.05, 4.69) is 31.3 Å². The maximum atomic E-state index is 13.7. The van der Waals surface area contributed by atoms with Crippen LogP contribution >= 0.6 is 7.75 Å². The van der Waals surface area contributed by atoms with Gasteiger partial charge in [-0.2, -0.15) is 15.1 Å². The second kappa shape index (κ2) is 11.8. The molecule has 0 bridgehead atoms. The Morgan fingerprint density at radius 1 is 1.37 bits per heavy atom. The molecule has 0 unspecified atom stereocenters. The van der Waals surface area contributed by atoms with Crippen molar-refractivity contribution in [3.05, 3.63) is 36.7 Å². The number of rotatable bonds is 11. The van der Waals surface area contributed by atoms with Gasteiger partial charge in [0, 0.05) is 7.05 Å². The minimum Gasteiger partial charge on any atom is -0.465 e. The first-order chi connectivity index (χ1) is 18.3. The number of imidazole rings is 1. The van der Waals surface area contributed by atoms with Gasteiger partial charge in [0.2, 0.25) is 5.95 Å². The maximum Gasteiger partial charge on any atom is 0.459 e. The lowest BCUT2D eigenvalue weighted by molar-refractivity contribution is -0.144. The summed E-state index contributed by atoms with van der Waals surface area (Å²) in [6.07, 6.45) is 6.60. The summed E-state index contributed by atoms with van der Waals surface area (Å²) in [6, 6.07) is 7.53. The summed E-state index contributed by atoms with van der Waals surface area (Å²) in [4.78, 5) is 25.0. The lowest BCUT2D eigenvalue weighted by Crippen LogP contribution is -2.35. The highest BCUT2D eigenvalue weighted by molar-refractivity contribution is 7.52. The van der Waals surface area contributed by atoms with Crippen LogP contribution in [0.1, 0.15) is 26.5 Å². The summed E-state index contributed by atoms with van der Waals surface area (Å²) in [7, 11) is -2.33. The summed E-state index contributed by atoms with van der Waals surface area (Å²) >= 11 is 0. The lowest BCUT2D eigenvalue weighted by Gasteiger charge is -2.24. The van der Waals surface area contributed by atoms with Gasteiger partial charge in [0.1, 0.15) is 11.8 Å². The Labute approximate surface area is 220 Å². The molecule has 0 radical (unpaired) electrons. The van der Waals surface area contributed by atoms with E-state index in [1.54, 1.807) is 55.2 Å². The van der Waals surface area contributed by atoms with E-state index in [1.165, 1.54) is 6.92 Å². The number of hydrogen-bond acceptors (Lipinski definition) is 11. The van der Waals surface area contributed by atoms with Crippen molar-refractivity contribution in [1.29, 1.82) is 0 Å². The molecule has 13 nitrogen and oxygen atoms in total. The van der Waals surface area contributed by atoms with Gasteiger partial charge in [-0.25, -0.2) is 9.55 Å². The molecule has 5 atom stereocenters. The molecular weight excluding hydrogens is 513 g/mol. The molecule has 38 heavy (non-hydrogen) atoms. The van der Waals surface area contributed by atoms with Gasteiger partial charge < -0.3 is 25.0 Å². The van der Waals surface area contributed by atoms with Crippen LogP contribution in [0.5, 0.6) is 5.75 Å². The first kappa shape index (κ1) is 27.3. The highest BCUT2D eigenvalue weighted by Gasteiger charge is 2.39. The Morgan fingerprint density at radius 2 is 2.13 bits per heavy atom. The van der Waals surface area contributed by atoms with Crippen molar-refractivity contribution in [3.63, 3.8) is 0 Å². The van der Waals surface area contributed by atoms with Crippen LogP contribution in [0.4, 0.5) is 11.8 Å².